The minimum absolute atomic E-state index is 0.181. The van der Waals surface area contributed by atoms with Crippen LogP contribution in [0.4, 0.5) is 0 Å². The molecule has 3 aliphatic rings. The molecule has 1 aliphatic carbocycles. The second-order valence-electron chi connectivity index (χ2n) is 6.13. The van der Waals surface area contributed by atoms with Crippen molar-refractivity contribution in [3.8, 4) is 0 Å². The van der Waals surface area contributed by atoms with Crippen molar-refractivity contribution in [2.75, 3.05) is 6.61 Å². The zero-order chi connectivity index (χ0) is 12.8. The molecular weight excluding hydrogens is 228 g/mol. The normalized spacial score (nSPS) is 34.7. The smallest absolute Gasteiger partial charge is 0.336 e. The maximum Gasteiger partial charge on any atom is 0.336 e. The summed E-state index contributed by atoms with van der Waals surface area (Å²) >= 11 is 0. The molecule has 3 heteroatoms. The van der Waals surface area contributed by atoms with Crippen molar-refractivity contribution in [3.63, 3.8) is 0 Å². The van der Waals surface area contributed by atoms with Crippen LogP contribution in [0.2, 0.25) is 0 Å². The molecule has 3 nitrogen and oxygen atoms in total. The van der Waals surface area contributed by atoms with Crippen molar-refractivity contribution in [2.45, 2.75) is 64.6 Å². The zero-order valence-corrected chi connectivity index (χ0v) is 11.4. The third-order valence-corrected chi connectivity index (χ3v) is 4.96. The van der Waals surface area contributed by atoms with Crippen LogP contribution in [0, 0.1) is 5.41 Å². The van der Waals surface area contributed by atoms with Crippen LogP contribution in [0.3, 0.4) is 0 Å². The Kier molecular flexibility index (Phi) is 2.77. The molecule has 0 aromatic carbocycles. The molecule has 1 saturated heterocycles. The molecule has 2 heterocycles. The molecular formula is C15H22O3. The maximum atomic E-state index is 11.8. The molecule has 0 N–H and O–H groups in total. The molecule has 0 amide bonds. The van der Waals surface area contributed by atoms with Gasteiger partial charge in [-0.15, -0.1) is 0 Å². The number of carbonyl (C=O) groups is 1. The van der Waals surface area contributed by atoms with E-state index in [-0.39, 0.29) is 11.4 Å². The van der Waals surface area contributed by atoms with Gasteiger partial charge >= 0.3 is 5.97 Å². The molecule has 3 rings (SSSR count). The lowest BCUT2D eigenvalue weighted by molar-refractivity contribution is -0.185. The summed E-state index contributed by atoms with van der Waals surface area (Å²) in [6, 6.07) is 0. The fourth-order valence-electron chi connectivity index (χ4n) is 3.98. The number of hydrogen-bond acceptors (Lipinski definition) is 3. The average Bonchev–Trinajstić information content (AvgIpc) is 2.81. The van der Waals surface area contributed by atoms with Crippen LogP contribution in [0.15, 0.2) is 11.1 Å². The molecule has 0 aromatic rings. The first-order chi connectivity index (χ1) is 8.61. The Labute approximate surface area is 109 Å². The topological polar surface area (TPSA) is 35.5 Å². The lowest BCUT2D eigenvalue weighted by Crippen LogP contribution is -2.33. The quantitative estimate of drug-likeness (QED) is 0.670. The predicted octanol–water partition coefficient (Wildman–Crippen LogP) is 3.34. The Morgan fingerprint density at radius 1 is 1.22 bits per heavy atom. The van der Waals surface area contributed by atoms with Crippen LogP contribution in [0.1, 0.15) is 58.8 Å². The minimum Gasteiger partial charge on any atom is -0.426 e. The van der Waals surface area contributed by atoms with E-state index in [1.807, 2.05) is 6.92 Å². The van der Waals surface area contributed by atoms with Gasteiger partial charge in [-0.05, 0) is 26.2 Å². The summed E-state index contributed by atoms with van der Waals surface area (Å²) in [7, 11) is 0. The highest BCUT2D eigenvalue weighted by Crippen LogP contribution is 2.54. The Morgan fingerprint density at radius 2 is 1.94 bits per heavy atom. The Bertz CT molecular complexity index is 404. The third-order valence-electron chi connectivity index (χ3n) is 4.96. The second-order valence-corrected chi connectivity index (χ2v) is 6.13. The number of ether oxygens (including phenoxy) is 2. The number of rotatable bonds is 1. The van der Waals surface area contributed by atoms with Crippen LogP contribution in [0.5, 0.6) is 0 Å². The van der Waals surface area contributed by atoms with Crippen molar-refractivity contribution in [3.05, 3.63) is 11.1 Å². The van der Waals surface area contributed by atoms with Gasteiger partial charge in [0.1, 0.15) is 0 Å². The molecule has 0 bridgehead atoms. The standard InChI is InChI=1S/C15H22O3/c1-3-12-11(2)13(16)18-15(12)9-14(10-17-15)7-5-4-6-8-14/h3-10H2,1-2H3. The number of carbonyl (C=O) groups excluding carboxylic acids is 1. The summed E-state index contributed by atoms with van der Waals surface area (Å²) < 4.78 is 11.7. The Morgan fingerprint density at radius 3 is 2.61 bits per heavy atom. The van der Waals surface area contributed by atoms with Gasteiger partial charge < -0.3 is 9.47 Å². The minimum atomic E-state index is -0.701. The summed E-state index contributed by atoms with van der Waals surface area (Å²) in [5.41, 5.74) is 2.11. The van der Waals surface area contributed by atoms with Crippen LogP contribution in [-0.4, -0.2) is 18.4 Å². The summed E-state index contributed by atoms with van der Waals surface area (Å²) in [5.74, 6) is -0.882. The van der Waals surface area contributed by atoms with E-state index in [0.29, 0.717) is 0 Å². The van der Waals surface area contributed by atoms with Crippen molar-refractivity contribution in [1.82, 2.24) is 0 Å². The van der Waals surface area contributed by atoms with E-state index in [4.69, 9.17) is 9.47 Å². The summed E-state index contributed by atoms with van der Waals surface area (Å²) in [6.45, 7) is 4.71. The van der Waals surface area contributed by atoms with Crippen LogP contribution >= 0.6 is 0 Å². The van der Waals surface area contributed by atoms with E-state index < -0.39 is 5.79 Å². The zero-order valence-electron chi connectivity index (χ0n) is 11.4. The highest BCUT2D eigenvalue weighted by Gasteiger charge is 2.57. The van der Waals surface area contributed by atoms with Crippen molar-refractivity contribution < 1.29 is 14.3 Å². The van der Waals surface area contributed by atoms with Gasteiger partial charge in [-0.2, -0.15) is 0 Å². The van der Waals surface area contributed by atoms with E-state index in [9.17, 15) is 4.79 Å². The molecule has 1 unspecified atom stereocenters. The average molecular weight is 250 g/mol. The summed E-state index contributed by atoms with van der Waals surface area (Å²) in [4.78, 5) is 11.8. The molecule has 2 spiro atoms. The first-order valence-electron chi connectivity index (χ1n) is 7.18. The lowest BCUT2D eigenvalue weighted by atomic mass is 9.71. The number of esters is 1. The molecule has 2 aliphatic heterocycles. The van der Waals surface area contributed by atoms with Gasteiger partial charge in [-0.3, -0.25) is 0 Å². The van der Waals surface area contributed by atoms with Crippen molar-refractivity contribution >= 4 is 5.97 Å². The van der Waals surface area contributed by atoms with E-state index in [1.165, 1.54) is 32.1 Å². The molecule has 18 heavy (non-hydrogen) atoms. The molecule has 100 valence electrons. The summed E-state index contributed by atoms with van der Waals surface area (Å²) in [5, 5.41) is 0. The van der Waals surface area contributed by atoms with Crippen LogP contribution < -0.4 is 0 Å². The Balaban J connectivity index is 1.88. The summed E-state index contributed by atoms with van der Waals surface area (Å²) in [6.07, 6.45) is 8.09. The fourth-order valence-corrected chi connectivity index (χ4v) is 3.98. The monoisotopic (exact) mass is 250 g/mol. The van der Waals surface area contributed by atoms with E-state index in [2.05, 4.69) is 6.92 Å². The second kappa shape index (κ2) is 4.09. The van der Waals surface area contributed by atoms with Crippen molar-refractivity contribution in [1.29, 1.82) is 0 Å². The molecule has 0 radical (unpaired) electrons. The van der Waals surface area contributed by atoms with Gasteiger partial charge in [-0.1, -0.05) is 26.2 Å². The van der Waals surface area contributed by atoms with E-state index in [1.54, 1.807) is 0 Å². The number of hydrogen-bond donors (Lipinski definition) is 0. The maximum absolute atomic E-state index is 11.8. The molecule has 0 aromatic heterocycles. The largest absolute Gasteiger partial charge is 0.426 e. The highest BCUT2D eigenvalue weighted by atomic mass is 16.7. The lowest BCUT2D eigenvalue weighted by Gasteiger charge is -2.33. The van der Waals surface area contributed by atoms with Gasteiger partial charge in [-0.25, -0.2) is 4.79 Å². The first kappa shape index (κ1) is 12.2. The predicted molar refractivity (Wildman–Crippen MR) is 67.9 cm³/mol. The fraction of sp³-hybridized carbons (Fsp3) is 0.800. The van der Waals surface area contributed by atoms with Gasteiger partial charge in [0.15, 0.2) is 0 Å². The molecule has 2 fully saturated rings. The van der Waals surface area contributed by atoms with Crippen LogP contribution in [0.25, 0.3) is 0 Å². The van der Waals surface area contributed by atoms with E-state index in [0.717, 1.165) is 30.6 Å². The first-order valence-corrected chi connectivity index (χ1v) is 7.18. The Hall–Kier alpha value is -0.830. The highest BCUT2D eigenvalue weighted by molar-refractivity contribution is 5.92. The van der Waals surface area contributed by atoms with Gasteiger partial charge in [0, 0.05) is 23.0 Å². The van der Waals surface area contributed by atoms with Crippen molar-refractivity contribution in [2.24, 2.45) is 5.41 Å². The van der Waals surface area contributed by atoms with Gasteiger partial charge in [0.25, 0.3) is 0 Å². The van der Waals surface area contributed by atoms with Gasteiger partial charge in [0.2, 0.25) is 5.79 Å². The SMILES string of the molecule is CCC1=C(C)C(=O)OC12CC1(CCCCC1)CO2. The van der Waals surface area contributed by atoms with E-state index >= 15 is 0 Å². The third kappa shape index (κ3) is 1.63. The molecule has 1 atom stereocenters. The van der Waals surface area contributed by atoms with Gasteiger partial charge in [0.05, 0.1) is 6.61 Å². The molecule has 1 saturated carbocycles. The van der Waals surface area contributed by atoms with Crippen LogP contribution in [-0.2, 0) is 14.3 Å².